The number of aliphatic hydroxyl groups is 1. The normalized spacial score (nSPS) is 14.2. The van der Waals surface area contributed by atoms with E-state index in [4.69, 9.17) is 4.74 Å². The standard InChI is InChI=1S/C14H21F2NO2/c1-3-14(10-18,17-2)5-4-6-19-13-8-11(15)7-12(16)9-13/h7-9,17-18H,3-6,10H2,1-2H3. The average Bonchev–Trinajstić information content (AvgIpc) is 2.39. The smallest absolute Gasteiger partial charge is 0.129 e. The van der Waals surface area contributed by atoms with Crippen molar-refractivity contribution in [3.63, 3.8) is 0 Å². The van der Waals surface area contributed by atoms with Crippen molar-refractivity contribution in [1.82, 2.24) is 5.32 Å². The molecule has 0 aliphatic rings. The highest BCUT2D eigenvalue weighted by Gasteiger charge is 2.24. The van der Waals surface area contributed by atoms with Gasteiger partial charge in [0.2, 0.25) is 0 Å². The van der Waals surface area contributed by atoms with Crippen molar-refractivity contribution < 1.29 is 18.6 Å². The molecule has 0 saturated heterocycles. The lowest BCUT2D eigenvalue weighted by Gasteiger charge is -2.30. The summed E-state index contributed by atoms with van der Waals surface area (Å²) in [6.45, 7) is 2.40. The van der Waals surface area contributed by atoms with Gasteiger partial charge in [0.15, 0.2) is 0 Å². The van der Waals surface area contributed by atoms with E-state index in [1.165, 1.54) is 0 Å². The summed E-state index contributed by atoms with van der Waals surface area (Å²) in [5.74, 6) is -1.11. The monoisotopic (exact) mass is 273 g/mol. The van der Waals surface area contributed by atoms with Crippen molar-refractivity contribution >= 4 is 0 Å². The highest BCUT2D eigenvalue weighted by Crippen LogP contribution is 2.18. The number of hydrogen-bond donors (Lipinski definition) is 2. The Morgan fingerprint density at radius 2 is 1.89 bits per heavy atom. The molecule has 3 nitrogen and oxygen atoms in total. The fraction of sp³-hybridized carbons (Fsp3) is 0.571. The van der Waals surface area contributed by atoms with E-state index in [0.29, 0.717) is 13.0 Å². The van der Waals surface area contributed by atoms with E-state index in [2.05, 4.69) is 5.32 Å². The first-order chi connectivity index (χ1) is 9.05. The maximum absolute atomic E-state index is 12.9. The van der Waals surface area contributed by atoms with E-state index < -0.39 is 11.6 Å². The molecular formula is C14H21F2NO2. The minimum Gasteiger partial charge on any atom is -0.493 e. The van der Waals surface area contributed by atoms with E-state index in [9.17, 15) is 13.9 Å². The third kappa shape index (κ3) is 4.76. The molecular weight excluding hydrogens is 252 g/mol. The molecule has 0 saturated carbocycles. The zero-order valence-corrected chi connectivity index (χ0v) is 11.4. The Bertz CT molecular complexity index is 367. The maximum atomic E-state index is 12.9. The minimum atomic E-state index is -0.650. The second kappa shape index (κ2) is 7.40. The quantitative estimate of drug-likeness (QED) is 0.715. The number of ether oxygens (including phenoxy) is 1. The van der Waals surface area contributed by atoms with Crippen molar-refractivity contribution in [1.29, 1.82) is 0 Å². The predicted octanol–water partition coefficient (Wildman–Crippen LogP) is 2.48. The Morgan fingerprint density at radius 3 is 2.37 bits per heavy atom. The van der Waals surface area contributed by atoms with Crippen LogP contribution in [0.1, 0.15) is 26.2 Å². The van der Waals surface area contributed by atoms with Gasteiger partial charge in [0, 0.05) is 23.7 Å². The molecule has 19 heavy (non-hydrogen) atoms. The summed E-state index contributed by atoms with van der Waals surface area (Å²) in [7, 11) is 1.81. The molecule has 1 aromatic carbocycles. The maximum Gasteiger partial charge on any atom is 0.129 e. The van der Waals surface area contributed by atoms with Gasteiger partial charge in [-0.25, -0.2) is 8.78 Å². The van der Waals surface area contributed by atoms with Crippen molar-refractivity contribution in [2.75, 3.05) is 20.3 Å². The lowest BCUT2D eigenvalue weighted by atomic mass is 9.92. The Kier molecular flexibility index (Phi) is 6.18. The molecule has 0 spiro atoms. The lowest BCUT2D eigenvalue weighted by Crippen LogP contribution is -2.46. The van der Waals surface area contributed by atoms with Crippen LogP contribution in [0.15, 0.2) is 18.2 Å². The van der Waals surface area contributed by atoms with Gasteiger partial charge in [0.25, 0.3) is 0 Å². The van der Waals surface area contributed by atoms with Crippen LogP contribution in [0.2, 0.25) is 0 Å². The van der Waals surface area contributed by atoms with Crippen LogP contribution in [0.4, 0.5) is 8.78 Å². The molecule has 0 bridgehead atoms. The van der Waals surface area contributed by atoms with Gasteiger partial charge in [-0.2, -0.15) is 0 Å². The topological polar surface area (TPSA) is 41.5 Å². The molecule has 1 rings (SSSR count). The number of benzene rings is 1. The van der Waals surface area contributed by atoms with E-state index in [-0.39, 0.29) is 17.9 Å². The molecule has 0 aromatic heterocycles. The number of halogens is 2. The fourth-order valence-corrected chi connectivity index (χ4v) is 1.96. The van der Waals surface area contributed by atoms with E-state index in [1.807, 2.05) is 14.0 Å². The first kappa shape index (κ1) is 15.9. The number of rotatable bonds is 8. The van der Waals surface area contributed by atoms with Crippen LogP contribution in [-0.4, -0.2) is 30.9 Å². The molecule has 0 amide bonds. The molecule has 1 atom stereocenters. The summed E-state index contributed by atoms with van der Waals surface area (Å²) in [4.78, 5) is 0. The molecule has 108 valence electrons. The second-order valence-corrected chi connectivity index (χ2v) is 4.60. The Balaban J connectivity index is 2.42. The van der Waals surface area contributed by atoms with Gasteiger partial charge >= 0.3 is 0 Å². The first-order valence-corrected chi connectivity index (χ1v) is 6.44. The molecule has 0 radical (unpaired) electrons. The number of aliphatic hydroxyl groups excluding tert-OH is 1. The Morgan fingerprint density at radius 1 is 1.26 bits per heavy atom. The molecule has 1 aromatic rings. The van der Waals surface area contributed by atoms with Gasteiger partial charge in [-0.1, -0.05) is 6.92 Å². The van der Waals surface area contributed by atoms with E-state index >= 15 is 0 Å². The average molecular weight is 273 g/mol. The largest absolute Gasteiger partial charge is 0.493 e. The van der Waals surface area contributed by atoms with Crippen LogP contribution in [0.3, 0.4) is 0 Å². The van der Waals surface area contributed by atoms with Crippen LogP contribution in [0.25, 0.3) is 0 Å². The molecule has 0 heterocycles. The molecule has 0 aliphatic heterocycles. The molecule has 2 N–H and O–H groups in total. The third-order valence-electron chi connectivity index (χ3n) is 3.41. The summed E-state index contributed by atoms with van der Waals surface area (Å²) >= 11 is 0. The van der Waals surface area contributed by atoms with Crippen LogP contribution in [0, 0.1) is 11.6 Å². The van der Waals surface area contributed by atoms with Crippen molar-refractivity contribution in [2.24, 2.45) is 0 Å². The van der Waals surface area contributed by atoms with Crippen LogP contribution >= 0.6 is 0 Å². The van der Waals surface area contributed by atoms with Gasteiger partial charge in [-0.3, -0.25) is 0 Å². The van der Waals surface area contributed by atoms with Gasteiger partial charge in [0.1, 0.15) is 17.4 Å². The number of nitrogens with one attached hydrogen (secondary N) is 1. The lowest BCUT2D eigenvalue weighted by molar-refractivity contribution is 0.145. The van der Waals surface area contributed by atoms with Crippen LogP contribution in [0.5, 0.6) is 5.75 Å². The molecule has 5 heteroatoms. The summed E-state index contributed by atoms with van der Waals surface area (Å²) in [6.07, 6.45) is 2.22. The Labute approximate surface area is 112 Å². The summed E-state index contributed by atoms with van der Waals surface area (Å²) < 4.78 is 31.2. The van der Waals surface area contributed by atoms with Crippen LogP contribution < -0.4 is 10.1 Å². The summed E-state index contributed by atoms with van der Waals surface area (Å²) in [6, 6.07) is 3.11. The van der Waals surface area contributed by atoms with E-state index in [1.54, 1.807) is 0 Å². The fourth-order valence-electron chi connectivity index (χ4n) is 1.96. The van der Waals surface area contributed by atoms with Crippen LogP contribution in [-0.2, 0) is 0 Å². The number of hydrogen-bond acceptors (Lipinski definition) is 3. The minimum absolute atomic E-state index is 0.0502. The first-order valence-electron chi connectivity index (χ1n) is 6.44. The van der Waals surface area contributed by atoms with Gasteiger partial charge in [-0.15, -0.1) is 0 Å². The Hall–Kier alpha value is -1.20. The molecule has 0 fully saturated rings. The van der Waals surface area contributed by atoms with Gasteiger partial charge < -0.3 is 15.2 Å². The third-order valence-corrected chi connectivity index (χ3v) is 3.41. The predicted molar refractivity (Wildman–Crippen MR) is 70.3 cm³/mol. The zero-order valence-electron chi connectivity index (χ0n) is 11.4. The van der Waals surface area contributed by atoms with Crippen molar-refractivity contribution in [2.45, 2.75) is 31.7 Å². The molecule has 1 unspecified atom stereocenters. The number of likely N-dealkylation sites (N-methyl/N-ethyl adjacent to an activating group) is 1. The van der Waals surface area contributed by atoms with Crippen molar-refractivity contribution in [3.8, 4) is 5.75 Å². The highest BCUT2D eigenvalue weighted by atomic mass is 19.1. The summed E-state index contributed by atoms with van der Waals surface area (Å²) in [5.41, 5.74) is -0.309. The van der Waals surface area contributed by atoms with Crippen molar-refractivity contribution in [3.05, 3.63) is 29.8 Å². The van der Waals surface area contributed by atoms with Gasteiger partial charge in [-0.05, 0) is 26.3 Å². The zero-order chi connectivity index (χ0) is 14.3. The SMILES string of the molecule is CCC(CO)(CCCOc1cc(F)cc(F)c1)NC. The van der Waals surface area contributed by atoms with E-state index in [0.717, 1.165) is 31.0 Å². The highest BCUT2D eigenvalue weighted by molar-refractivity contribution is 5.23. The molecule has 0 aliphatic carbocycles. The second-order valence-electron chi connectivity index (χ2n) is 4.60. The van der Waals surface area contributed by atoms with Gasteiger partial charge in [0.05, 0.1) is 13.2 Å². The summed E-state index contributed by atoms with van der Waals surface area (Å²) in [5, 5.41) is 12.5.